The van der Waals surface area contributed by atoms with Gasteiger partial charge in [0.05, 0.1) is 0 Å². The Morgan fingerprint density at radius 3 is 1.64 bits per heavy atom. The van der Waals surface area contributed by atoms with Crippen LogP contribution in [-0.4, -0.2) is 18.5 Å². The van der Waals surface area contributed by atoms with Crippen LogP contribution >= 0.6 is 0 Å². The summed E-state index contributed by atoms with van der Waals surface area (Å²) in [6.07, 6.45) is 0. The van der Waals surface area contributed by atoms with E-state index >= 15 is 0 Å². The summed E-state index contributed by atoms with van der Waals surface area (Å²) in [6, 6.07) is -0.711. The third-order valence-electron chi connectivity index (χ3n) is 0.337. The van der Waals surface area contributed by atoms with E-state index in [9.17, 15) is 4.79 Å². The predicted octanol–water partition coefficient (Wildman–Crippen LogP) is 1.35. The maximum atomic E-state index is 9.60. The van der Waals surface area contributed by atoms with Crippen molar-refractivity contribution in [3.8, 4) is 0 Å². The summed E-state index contributed by atoms with van der Waals surface area (Å²) in [7, 11) is 0. The van der Waals surface area contributed by atoms with Gasteiger partial charge in [-0.15, -0.1) is 0 Å². The van der Waals surface area contributed by atoms with Crippen LogP contribution in [0.1, 0.15) is 13.8 Å². The molecule has 0 atom stereocenters. The second-order valence-electron chi connectivity index (χ2n) is 1.42. The second kappa shape index (κ2) is 12.5. The molecule has 0 aliphatic carbocycles. The molecular formula is C5H11N3O2Y-2. The van der Waals surface area contributed by atoms with Crippen molar-refractivity contribution in [1.29, 1.82) is 0 Å². The van der Waals surface area contributed by atoms with Gasteiger partial charge in [0.25, 0.3) is 0 Å². The molecule has 6 heteroatoms. The molecule has 0 fully saturated rings. The Hall–Kier alpha value is -0.156. The first-order valence-corrected chi connectivity index (χ1v) is 2.72. The van der Waals surface area contributed by atoms with E-state index in [2.05, 4.69) is 5.32 Å². The maximum Gasteiger partial charge on any atom is 0.150 e. The zero-order valence-corrected chi connectivity index (χ0v) is 9.44. The van der Waals surface area contributed by atoms with E-state index in [0.717, 1.165) is 0 Å². The monoisotopic (exact) mass is 234 g/mol. The van der Waals surface area contributed by atoms with Gasteiger partial charge in [-0.2, -0.15) is 0 Å². The third kappa shape index (κ3) is 74.9. The minimum atomic E-state index is -0.711. The summed E-state index contributed by atoms with van der Waals surface area (Å²) in [6.45, 7) is 3.51. The number of rotatable bonds is 1. The van der Waals surface area contributed by atoms with Gasteiger partial charge < -0.3 is 21.6 Å². The molecule has 0 aliphatic heterocycles. The van der Waals surface area contributed by atoms with E-state index < -0.39 is 11.9 Å². The Morgan fingerprint density at radius 1 is 1.36 bits per heavy atom. The van der Waals surface area contributed by atoms with Crippen LogP contribution in [0.25, 0.3) is 11.5 Å². The molecular weight excluding hydrogens is 223 g/mol. The Morgan fingerprint density at radius 2 is 1.64 bits per heavy atom. The van der Waals surface area contributed by atoms with Crippen molar-refractivity contribution >= 4 is 11.9 Å². The first kappa shape index (κ1) is 17.1. The van der Waals surface area contributed by atoms with Gasteiger partial charge in [-0.25, -0.2) is 0 Å². The number of carbonyl (C=O) groups excluding carboxylic acids is 2. The number of nitrogens with one attached hydrogen (secondary N) is 3. The molecule has 0 aromatic rings. The molecule has 0 heterocycles. The molecule has 0 saturated carbocycles. The molecule has 11 heavy (non-hydrogen) atoms. The van der Waals surface area contributed by atoms with Gasteiger partial charge in [-0.3, -0.25) is 4.79 Å². The summed E-state index contributed by atoms with van der Waals surface area (Å²) >= 11 is 0. The van der Waals surface area contributed by atoms with Crippen LogP contribution in [0.2, 0.25) is 0 Å². The van der Waals surface area contributed by atoms with Crippen molar-refractivity contribution in [3.05, 3.63) is 11.5 Å². The van der Waals surface area contributed by atoms with Crippen molar-refractivity contribution < 1.29 is 42.3 Å². The van der Waals surface area contributed by atoms with Crippen LogP contribution < -0.4 is 5.32 Å². The molecule has 63 valence electrons. The Kier molecular flexibility index (Phi) is 19.4. The number of hydrogen-bond acceptors (Lipinski definition) is 2. The fourth-order valence-electron chi connectivity index (χ4n) is 0.161. The van der Waals surface area contributed by atoms with Crippen molar-refractivity contribution in [2.75, 3.05) is 6.54 Å². The van der Waals surface area contributed by atoms with Crippen molar-refractivity contribution in [1.82, 2.24) is 5.32 Å². The summed E-state index contributed by atoms with van der Waals surface area (Å²) < 4.78 is 0. The third-order valence-corrected chi connectivity index (χ3v) is 0.337. The number of carbonyl (C=O) groups is 2. The SMILES string of the molecule is CC([NH-])=O.CCNC([NH-])=O.[Y]. The van der Waals surface area contributed by atoms with Crippen molar-refractivity contribution in [2.45, 2.75) is 13.8 Å². The molecule has 0 aromatic heterocycles. The van der Waals surface area contributed by atoms with Gasteiger partial charge in [0.2, 0.25) is 0 Å². The predicted molar refractivity (Wildman–Crippen MR) is 38.4 cm³/mol. The molecule has 0 aliphatic rings. The van der Waals surface area contributed by atoms with Crippen LogP contribution in [0.5, 0.6) is 0 Å². The number of hydrogen-bond donors (Lipinski definition) is 1. The number of urea groups is 1. The molecule has 0 aromatic carbocycles. The van der Waals surface area contributed by atoms with Crippen LogP contribution in [0.3, 0.4) is 0 Å². The summed E-state index contributed by atoms with van der Waals surface area (Å²) in [5.74, 6) is -0.583. The van der Waals surface area contributed by atoms with Gasteiger partial charge >= 0.3 is 0 Å². The fraction of sp³-hybridized carbons (Fsp3) is 0.600. The molecule has 0 saturated heterocycles. The summed E-state index contributed by atoms with van der Waals surface area (Å²) in [5.41, 5.74) is 12.2. The standard InChI is InChI=1S/C3H8N2O.C2H5NO.Y/c1-2-5-3(4)6;1-2(3)4;/h2H2,1H3,(H3,4,5,6);1H3,(H2,3,4);/p-2. The fourth-order valence-corrected chi connectivity index (χ4v) is 0.161. The molecule has 0 rings (SSSR count). The van der Waals surface area contributed by atoms with Crippen LogP contribution in [0.4, 0.5) is 4.79 Å². The smallest absolute Gasteiger partial charge is 0.150 e. The summed E-state index contributed by atoms with van der Waals surface area (Å²) in [4.78, 5) is 18.7. The molecule has 5 nitrogen and oxygen atoms in total. The van der Waals surface area contributed by atoms with E-state index in [4.69, 9.17) is 16.3 Å². The van der Waals surface area contributed by atoms with Crippen LogP contribution in [-0.2, 0) is 37.5 Å². The van der Waals surface area contributed by atoms with Crippen molar-refractivity contribution in [3.63, 3.8) is 0 Å². The number of amides is 3. The zero-order valence-electron chi connectivity index (χ0n) is 6.60. The first-order valence-electron chi connectivity index (χ1n) is 2.72. The maximum absolute atomic E-state index is 9.60. The van der Waals surface area contributed by atoms with E-state index in [-0.39, 0.29) is 32.7 Å². The largest absolute Gasteiger partial charge is 0.668 e. The van der Waals surface area contributed by atoms with E-state index in [1.165, 1.54) is 6.92 Å². The van der Waals surface area contributed by atoms with Crippen LogP contribution in [0.15, 0.2) is 0 Å². The van der Waals surface area contributed by atoms with Crippen LogP contribution in [0, 0.1) is 0 Å². The topological polar surface area (TPSA) is 93.8 Å². The molecule has 1 radical (unpaired) electrons. The van der Waals surface area contributed by atoms with Gasteiger partial charge in [-0.1, -0.05) is 13.5 Å². The second-order valence-corrected chi connectivity index (χ2v) is 1.42. The Balaban J connectivity index is -0.000000114. The first-order chi connectivity index (χ1) is 4.50. The average Bonchev–Trinajstić information content (AvgIpc) is 1.62. The Labute approximate surface area is 91.1 Å². The van der Waals surface area contributed by atoms with Gasteiger partial charge in [0.1, 0.15) is 6.03 Å². The van der Waals surface area contributed by atoms with Gasteiger partial charge in [0, 0.05) is 38.6 Å². The molecule has 0 spiro atoms. The quantitative estimate of drug-likeness (QED) is 0.741. The van der Waals surface area contributed by atoms with E-state index in [0.29, 0.717) is 6.54 Å². The van der Waals surface area contributed by atoms with Crippen molar-refractivity contribution in [2.24, 2.45) is 0 Å². The van der Waals surface area contributed by atoms with Gasteiger partial charge in [0.15, 0.2) is 0 Å². The molecule has 0 bridgehead atoms. The van der Waals surface area contributed by atoms with E-state index in [1.807, 2.05) is 0 Å². The minimum absolute atomic E-state index is 0. The summed E-state index contributed by atoms with van der Waals surface area (Å²) in [5, 5.41) is 2.24. The average molecular weight is 234 g/mol. The molecule has 3 amide bonds. The van der Waals surface area contributed by atoms with E-state index in [1.54, 1.807) is 6.92 Å². The minimum Gasteiger partial charge on any atom is -0.668 e. The zero-order chi connectivity index (χ0) is 8.57. The molecule has 3 N–H and O–H groups in total. The normalized spacial score (nSPS) is 6.36. The molecule has 0 unspecified atom stereocenters. The van der Waals surface area contributed by atoms with Gasteiger partial charge in [-0.05, 0) is 6.92 Å². The Bertz CT molecular complexity index is 114.